The number of nitrogens with one attached hydrogen (secondary N) is 1. The van der Waals surface area contributed by atoms with Crippen molar-refractivity contribution in [1.82, 2.24) is 20.0 Å². The summed E-state index contributed by atoms with van der Waals surface area (Å²) in [6.45, 7) is 11.5. The molecule has 3 saturated heterocycles. The van der Waals surface area contributed by atoms with Gasteiger partial charge in [0, 0.05) is 45.3 Å². The Morgan fingerprint density at radius 3 is 2.47 bits per heavy atom. The normalized spacial score (nSPS) is 35.8. The van der Waals surface area contributed by atoms with Crippen LogP contribution in [-0.4, -0.2) is 86.7 Å². The lowest BCUT2D eigenvalue weighted by atomic mass is 9.90. The van der Waals surface area contributed by atoms with Crippen LogP contribution < -0.4 is 5.32 Å². The van der Waals surface area contributed by atoms with E-state index in [1.165, 1.54) is 78.2 Å². The molecule has 0 aromatic heterocycles. The first-order valence-corrected chi connectivity index (χ1v) is 8.18. The van der Waals surface area contributed by atoms with Crippen molar-refractivity contribution in [3.8, 4) is 0 Å². The third-order valence-electron chi connectivity index (χ3n) is 5.29. The Morgan fingerprint density at radius 1 is 1.00 bits per heavy atom. The van der Waals surface area contributed by atoms with Crippen LogP contribution in [0.15, 0.2) is 0 Å². The third-order valence-corrected chi connectivity index (χ3v) is 5.29. The lowest BCUT2D eigenvalue weighted by Gasteiger charge is -2.44. The highest BCUT2D eigenvalue weighted by Crippen LogP contribution is 2.22. The Bertz CT molecular complexity index is 269. The fourth-order valence-electron chi connectivity index (χ4n) is 3.99. The highest BCUT2D eigenvalue weighted by Gasteiger charge is 2.32. The second-order valence-electron chi connectivity index (χ2n) is 6.67. The van der Waals surface area contributed by atoms with Crippen molar-refractivity contribution in [2.24, 2.45) is 5.92 Å². The second-order valence-corrected chi connectivity index (χ2v) is 6.67. The maximum atomic E-state index is 3.62. The molecule has 2 atom stereocenters. The summed E-state index contributed by atoms with van der Waals surface area (Å²) in [5.74, 6) is 0.891. The average molecular weight is 266 g/mol. The van der Waals surface area contributed by atoms with Crippen LogP contribution in [0.1, 0.15) is 19.3 Å². The fourth-order valence-corrected chi connectivity index (χ4v) is 3.99. The molecule has 3 aliphatic heterocycles. The van der Waals surface area contributed by atoms with Crippen LogP contribution >= 0.6 is 0 Å². The number of hydrogen-bond donors (Lipinski definition) is 1. The number of piperidine rings is 1. The van der Waals surface area contributed by atoms with Gasteiger partial charge in [-0.15, -0.1) is 0 Å². The van der Waals surface area contributed by atoms with Crippen molar-refractivity contribution in [3.63, 3.8) is 0 Å². The molecule has 3 aliphatic rings. The molecule has 3 fully saturated rings. The van der Waals surface area contributed by atoms with Crippen molar-refractivity contribution in [2.75, 3.05) is 66.0 Å². The van der Waals surface area contributed by atoms with E-state index in [0.29, 0.717) is 0 Å². The molecule has 0 aliphatic carbocycles. The molecular formula is C15H30N4. The van der Waals surface area contributed by atoms with Crippen LogP contribution in [-0.2, 0) is 0 Å². The Labute approximate surface area is 118 Å². The summed E-state index contributed by atoms with van der Waals surface area (Å²) >= 11 is 0. The van der Waals surface area contributed by atoms with Gasteiger partial charge in [-0.3, -0.25) is 4.90 Å². The molecule has 0 spiro atoms. The van der Waals surface area contributed by atoms with Crippen LogP contribution in [0.5, 0.6) is 0 Å². The van der Waals surface area contributed by atoms with Gasteiger partial charge in [-0.1, -0.05) is 0 Å². The first-order chi connectivity index (χ1) is 9.33. The molecule has 19 heavy (non-hydrogen) atoms. The molecule has 4 heteroatoms. The summed E-state index contributed by atoms with van der Waals surface area (Å²) in [6.07, 6.45) is 4.21. The predicted molar refractivity (Wildman–Crippen MR) is 79.5 cm³/mol. The van der Waals surface area contributed by atoms with Gasteiger partial charge in [0.1, 0.15) is 0 Å². The van der Waals surface area contributed by atoms with Gasteiger partial charge in [0.05, 0.1) is 0 Å². The van der Waals surface area contributed by atoms with Gasteiger partial charge >= 0.3 is 0 Å². The zero-order chi connectivity index (χ0) is 13.1. The highest BCUT2D eigenvalue weighted by atomic mass is 15.3. The molecule has 110 valence electrons. The zero-order valence-electron chi connectivity index (χ0n) is 12.5. The monoisotopic (exact) mass is 266 g/mol. The van der Waals surface area contributed by atoms with E-state index in [4.69, 9.17) is 0 Å². The Balaban J connectivity index is 1.56. The van der Waals surface area contributed by atoms with E-state index in [1.54, 1.807) is 0 Å². The smallest absolute Gasteiger partial charge is 0.0262 e. The molecular weight excluding hydrogens is 236 g/mol. The van der Waals surface area contributed by atoms with Gasteiger partial charge < -0.3 is 15.1 Å². The molecule has 0 aromatic rings. The molecule has 0 saturated carbocycles. The van der Waals surface area contributed by atoms with Crippen LogP contribution in [0, 0.1) is 5.92 Å². The first-order valence-electron chi connectivity index (χ1n) is 8.18. The third kappa shape index (κ3) is 3.48. The van der Waals surface area contributed by atoms with Gasteiger partial charge in [0.25, 0.3) is 0 Å². The maximum Gasteiger partial charge on any atom is 0.0262 e. The van der Waals surface area contributed by atoms with E-state index >= 15 is 0 Å². The lowest BCUT2D eigenvalue weighted by molar-refractivity contribution is 0.0535. The van der Waals surface area contributed by atoms with Gasteiger partial charge in [-0.05, 0) is 51.9 Å². The number of rotatable bonds is 3. The first kappa shape index (κ1) is 13.8. The number of piperazine rings is 1. The van der Waals surface area contributed by atoms with E-state index < -0.39 is 0 Å². The summed E-state index contributed by atoms with van der Waals surface area (Å²) in [4.78, 5) is 7.92. The number of likely N-dealkylation sites (tertiary alicyclic amines) is 1. The van der Waals surface area contributed by atoms with Crippen molar-refractivity contribution in [3.05, 3.63) is 0 Å². The summed E-state index contributed by atoms with van der Waals surface area (Å²) in [5, 5.41) is 3.62. The maximum absolute atomic E-state index is 3.62. The van der Waals surface area contributed by atoms with Crippen molar-refractivity contribution >= 4 is 0 Å². The van der Waals surface area contributed by atoms with Gasteiger partial charge in [-0.2, -0.15) is 0 Å². The molecule has 0 aromatic carbocycles. The van der Waals surface area contributed by atoms with Gasteiger partial charge in [0.15, 0.2) is 0 Å². The highest BCUT2D eigenvalue weighted by molar-refractivity contribution is 4.90. The number of likely N-dealkylation sites (N-methyl/N-ethyl adjacent to an activating group) is 1. The quantitative estimate of drug-likeness (QED) is 0.793. The van der Waals surface area contributed by atoms with Crippen LogP contribution in [0.25, 0.3) is 0 Å². The minimum absolute atomic E-state index is 0.781. The molecule has 0 amide bonds. The van der Waals surface area contributed by atoms with Crippen LogP contribution in [0.3, 0.4) is 0 Å². The van der Waals surface area contributed by atoms with E-state index in [2.05, 4.69) is 27.1 Å². The van der Waals surface area contributed by atoms with Gasteiger partial charge in [0.2, 0.25) is 0 Å². The van der Waals surface area contributed by atoms with E-state index in [1.807, 2.05) is 0 Å². The van der Waals surface area contributed by atoms with E-state index in [-0.39, 0.29) is 0 Å². The Morgan fingerprint density at radius 2 is 1.74 bits per heavy atom. The number of hydrogen-bond acceptors (Lipinski definition) is 4. The minimum Gasteiger partial charge on any atom is -0.315 e. The summed E-state index contributed by atoms with van der Waals surface area (Å²) in [7, 11) is 2.25. The molecule has 2 unspecified atom stereocenters. The number of nitrogens with zero attached hydrogens (tertiary/aromatic N) is 3. The van der Waals surface area contributed by atoms with Gasteiger partial charge in [-0.25, -0.2) is 0 Å². The lowest BCUT2D eigenvalue weighted by Crippen LogP contribution is -2.58. The predicted octanol–water partition coefficient (Wildman–Crippen LogP) is 0.308. The van der Waals surface area contributed by atoms with Crippen molar-refractivity contribution < 1.29 is 0 Å². The zero-order valence-corrected chi connectivity index (χ0v) is 12.5. The van der Waals surface area contributed by atoms with E-state index in [9.17, 15) is 0 Å². The second kappa shape index (κ2) is 6.53. The topological polar surface area (TPSA) is 21.8 Å². The van der Waals surface area contributed by atoms with Crippen molar-refractivity contribution in [2.45, 2.75) is 25.3 Å². The summed E-state index contributed by atoms with van der Waals surface area (Å²) in [5.41, 5.74) is 0. The molecule has 3 rings (SSSR count). The molecule has 0 bridgehead atoms. The molecule has 3 heterocycles. The minimum atomic E-state index is 0.781. The standard InChI is InChI=1S/C15H30N4/c1-17-8-10-19(11-9-17)15-12-16-5-4-14(15)13-18-6-2-3-7-18/h14-16H,2-13H2,1H3. The van der Waals surface area contributed by atoms with Crippen LogP contribution in [0.2, 0.25) is 0 Å². The van der Waals surface area contributed by atoms with Crippen molar-refractivity contribution in [1.29, 1.82) is 0 Å². The largest absolute Gasteiger partial charge is 0.315 e. The van der Waals surface area contributed by atoms with E-state index in [0.717, 1.165) is 12.0 Å². The average Bonchev–Trinajstić information content (AvgIpc) is 2.93. The Hall–Kier alpha value is -0.160. The molecule has 4 nitrogen and oxygen atoms in total. The SMILES string of the molecule is CN1CCN(C2CNCCC2CN2CCCC2)CC1. The molecule has 1 N–H and O–H groups in total. The van der Waals surface area contributed by atoms with Crippen LogP contribution in [0.4, 0.5) is 0 Å². The molecule has 0 radical (unpaired) electrons. The summed E-state index contributed by atoms with van der Waals surface area (Å²) in [6, 6.07) is 0.781. The summed E-state index contributed by atoms with van der Waals surface area (Å²) < 4.78 is 0. The fraction of sp³-hybridized carbons (Fsp3) is 1.00. The Kier molecular flexibility index (Phi) is 4.74.